The molecular formula is C21H21N7O. The van der Waals surface area contributed by atoms with Crippen molar-refractivity contribution in [3.05, 3.63) is 60.4 Å². The summed E-state index contributed by atoms with van der Waals surface area (Å²) >= 11 is 0. The fourth-order valence-electron chi connectivity index (χ4n) is 3.54. The average molecular weight is 387 g/mol. The number of pyridine rings is 1. The highest BCUT2D eigenvalue weighted by atomic mass is 16.1. The maximum Gasteiger partial charge on any atom is 0.254 e. The van der Waals surface area contributed by atoms with Gasteiger partial charge in [0.25, 0.3) is 5.91 Å². The number of carbonyl (C=O) groups excluding carboxylic acids is 1. The van der Waals surface area contributed by atoms with E-state index in [0.29, 0.717) is 23.9 Å². The molecule has 5 rings (SSSR count). The zero-order valence-corrected chi connectivity index (χ0v) is 15.9. The highest BCUT2D eigenvalue weighted by molar-refractivity contribution is 5.94. The third-order valence-corrected chi connectivity index (χ3v) is 5.30. The van der Waals surface area contributed by atoms with Gasteiger partial charge in [0.1, 0.15) is 0 Å². The lowest BCUT2D eigenvalue weighted by Crippen LogP contribution is -2.37. The Morgan fingerprint density at radius 1 is 1.03 bits per heavy atom. The van der Waals surface area contributed by atoms with E-state index in [1.165, 1.54) is 12.8 Å². The van der Waals surface area contributed by atoms with E-state index in [9.17, 15) is 4.79 Å². The van der Waals surface area contributed by atoms with Crippen molar-refractivity contribution in [1.82, 2.24) is 30.2 Å². The molecule has 2 fully saturated rings. The Morgan fingerprint density at radius 2 is 1.90 bits per heavy atom. The predicted molar refractivity (Wildman–Crippen MR) is 107 cm³/mol. The summed E-state index contributed by atoms with van der Waals surface area (Å²) in [7, 11) is 0. The first kappa shape index (κ1) is 17.7. The number of amides is 1. The van der Waals surface area contributed by atoms with Gasteiger partial charge in [0.2, 0.25) is 5.95 Å². The summed E-state index contributed by atoms with van der Waals surface area (Å²) in [4.78, 5) is 36.5. The summed E-state index contributed by atoms with van der Waals surface area (Å²) in [6.07, 6.45) is 11.6. The molecule has 8 nitrogen and oxygen atoms in total. The second-order valence-corrected chi connectivity index (χ2v) is 7.50. The molecule has 2 aliphatic rings. The number of rotatable bonds is 5. The molecule has 1 atom stereocenters. The van der Waals surface area contributed by atoms with E-state index in [1.54, 1.807) is 24.8 Å². The van der Waals surface area contributed by atoms with Gasteiger partial charge < -0.3 is 10.2 Å². The van der Waals surface area contributed by atoms with E-state index in [0.717, 1.165) is 30.2 Å². The third-order valence-electron chi connectivity index (χ3n) is 5.30. The van der Waals surface area contributed by atoms with Gasteiger partial charge in [-0.2, -0.15) is 0 Å². The highest BCUT2D eigenvalue weighted by Gasteiger charge is 2.29. The van der Waals surface area contributed by atoms with E-state index >= 15 is 0 Å². The molecular weight excluding hydrogens is 366 g/mol. The van der Waals surface area contributed by atoms with E-state index in [-0.39, 0.29) is 11.9 Å². The summed E-state index contributed by atoms with van der Waals surface area (Å²) in [6, 6.07) is 5.77. The zero-order valence-electron chi connectivity index (χ0n) is 15.9. The van der Waals surface area contributed by atoms with Crippen LogP contribution >= 0.6 is 0 Å². The normalized spacial score (nSPS) is 18.6. The van der Waals surface area contributed by atoms with Crippen LogP contribution in [0.15, 0.2) is 49.2 Å². The van der Waals surface area contributed by atoms with Crippen LogP contribution in [-0.2, 0) is 0 Å². The van der Waals surface area contributed by atoms with Crippen molar-refractivity contribution in [3.63, 3.8) is 0 Å². The number of hydrogen-bond acceptors (Lipinski definition) is 7. The average Bonchev–Trinajstić information content (AvgIpc) is 3.53. The van der Waals surface area contributed by atoms with Gasteiger partial charge in [-0.1, -0.05) is 0 Å². The molecule has 1 N–H and O–H groups in total. The van der Waals surface area contributed by atoms with Gasteiger partial charge in [0, 0.05) is 67.3 Å². The van der Waals surface area contributed by atoms with Crippen molar-refractivity contribution in [2.45, 2.75) is 31.2 Å². The molecule has 4 heterocycles. The maximum atomic E-state index is 12.6. The molecule has 0 bridgehead atoms. The Bertz CT molecular complexity index is 1010. The molecule has 146 valence electrons. The fraction of sp³-hybridized carbons (Fsp3) is 0.333. The molecule has 3 aromatic rings. The lowest BCUT2D eigenvalue weighted by molar-refractivity contribution is 0.0939. The fourth-order valence-corrected chi connectivity index (χ4v) is 3.54. The molecule has 29 heavy (non-hydrogen) atoms. The SMILES string of the molecule is O=C(NC1CCN(c2nccc(C3CC3)n2)C1)c1cnc(-c2cccnc2)nc1. The van der Waals surface area contributed by atoms with Crippen LogP contribution in [0.2, 0.25) is 0 Å². The van der Waals surface area contributed by atoms with E-state index in [4.69, 9.17) is 4.98 Å². The van der Waals surface area contributed by atoms with Crippen LogP contribution in [0.25, 0.3) is 11.4 Å². The number of nitrogens with one attached hydrogen (secondary N) is 1. The van der Waals surface area contributed by atoms with Gasteiger partial charge in [-0.05, 0) is 37.5 Å². The number of aromatic nitrogens is 5. The zero-order chi connectivity index (χ0) is 19.6. The largest absolute Gasteiger partial charge is 0.347 e. The summed E-state index contributed by atoms with van der Waals surface area (Å²) < 4.78 is 0. The van der Waals surface area contributed by atoms with Gasteiger partial charge in [-0.3, -0.25) is 9.78 Å². The number of hydrogen-bond donors (Lipinski definition) is 1. The molecule has 1 amide bonds. The van der Waals surface area contributed by atoms with E-state index in [2.05, 4.69) is 30.2 Å². The Hall–Kier alpha value is -3.42. The van der Waals surface area contributed by atoms with Gasteiger partial charge in [0.05, 0.1) is 5.56 Å². The molecule has 0 radical (unpaired) electrons. The summed E-state index contributed by atoms with van der Waals surface area (Å²) in [5.41, 5.74) is 2.40. The van der Waals surface area contributed by atoms with Crippen LogP contribution in [0.4, 0.5) is 5.95 Å². The first-order valence-corrected chi connectivity index (χ1v) is 9.87. The molecule has 3 aromatic heterocycles. The minimum Gasteiger partial charge on any atom is -0.347 e. The van der Waals surface area contributed by atoms with Crippen LogP contribution in [0, 0.1) is 0 Å². The van der Waals surface area contributed by atoms with Crippen molar-refractivity contribution < 1.29 is 4.79 Å². The number of carbonyl (C=O) groups is 1. The summed E-state index contributed by atoms with van der Waals surface area (Å²) in [6.45, 7) is 1.53. The Kier molecular flexibility index (Phi) is 4.59. The monoisotopic (exact) mass is 387 g/mol. The molecule has 8 heteroatoms. The summed E-state index contributed by atoms with van der Waals surface area (Å²) in [5.74, 6) is 1.75. The molecule has 0 aromatic carbocycles. The van der Waals surface area contributed by atoms with E-state index < -0.39 is 0 Å². The van der Waals surface area contributed by atoms with Crippen molar-refractivity contribution in [2.24, 2.45) is 0 Å². The first-order valence-electron chi connectivity index (χ1n) is 9.87. The van der Waals surface area contributed by atoms with Crippen molar-refractivity contribution in [2.75, 3.05) is 18.0 Å². The van der Waals surface area contributed by atoms with Gasteiger partial charge in [-0.25, -0.2) is 19.9 Å². The molecule has 1 aliphatic heterocycles. The summed E-state index contributed by atoms with van der Waals surface area (Å²) in [5, 5.41) is 3.08. The number of anilines is 1. The molecule has 1 unspecified atom stereocenters. The molecule has 1 saturated heterocycles. The van der Waals surface area contributed by atoms with Gasteiger partial charge >= 0.3 is 0 Å². The quantitative estimate of drug-likeness (QED) is 0.717. The molecule has 0 spiro atoms. The van der Waals surface area contributed by atoms with Gasteiger partial charge in [0.15, 0.2) is 5.82 Å². The van der Waals surface area contributed by atoms with Crippen molar-refractivity contribution >= 4 is 11.9 Å². The third kappa shape index (κ3) is 3.91. The topological polar surface area (TPSA) is 96.8 Å². The standard InChI is InChI=1S/C21H21N7O/c29-20(16-11-24-19(25-12-16)15-2-1-7-22-10-15)26-17-6-9-28(13-17)21-23-8-5-18(27-21)14-3-4-14/h1-2,5,7-8,10-12,14,17H,3-4,6,9,13H2,(H,26,29). The second-order valence-electron chi connectivity index (χ2n) is 7.50. The smallest absolute Gasteiger partial charge is 0.254 e. The lowest BCUT2D eigenvalue weighted by Gasteiger charge is -2.17. The predicted octanol–water partition coefficient (Wildman–Crippen LogP) is 2.21. The maximum absolute atomic E-state index is 12.6. The Morgan fingerprint density at radius 3 is 2.66 bits per heavy atom. The van der Waals surface area contributed by atoms with E-state index in [1.807, 2.05) is 24.4 Å². The van der Waals surface area contributed by atoms with Crippen molar-refractivity contribution in [1.29, 1.82) is 0 Å². The molecule has 1 saturated carbocycles. The van der Waals surface area contributed by atoms with Crippen LogP contribution in [0.1, 0.15) is 41.2 Å². The molecule has 1 aliphatic carbocycles. The number of nitrogens with zero attached hydrogens (tertiary/aromatic N) is 6. The first-order chi connectivity index (χ1) is 14.3. The Balaban J connectivity index is 1.21. The van der Waals surface area contributed by atoms with Gasteiger partial charge in [-0.15, -0.1) is 0 Å². The minimum absolute atomic E-state index is 0.0497. The van der Waals surface area contributed by atoms with Crippen LogP contribution in [0.3, 0.4) is 0 Å². The van der Waals surface area contributed by atoms with Crippen molar-refractivity contribution in [3.8, 4) is 11.4 Å². The minimum atomic E-state index is -0.165. The van der Waals surface area contributed by atoms with Crippen LogP contribution in [-0.4, -0.2) is 50.0 Å². The Labute approximate surface area is 168 Å². The highest BCUT2D eigenvalue weighted by Crippen LogP contribution is 2.39. The van der Waals surface area contributed by atoms with Crippen LogP contribution in [0.5, 0.6) is 0 Å². The second kappa shape index (κ2) is 7.54. The lowest BCUT2D eigenvalue weighted by atomic mass is 10.2. The van der Waals surface area contributed by atoms with Crippen LogP contribution < -0.4 is 10.2 Å².